The highest BCUT2D eigenvalue weighted by Crippen LogP contribution is 2.33. The Bertz CT molecular complexity index is 1030. The maximum atomic E-state index is 14.4. The van der Waals surface area contributed by atoms with Crippen molar-refractivity contribution in [2.24, 2.45) is 0 Å². The number of benzene rings is 2. The lowest BCUT2D eigenvalue weighted by atomic mass is 10.0. The normalized spacial score (nSPS) is 10.8. The third kappa shape index (κ3) is 2.89. The van der Waals surface area contributed by atoms with Gasteiger partial charge in [-0.15, -0.1) is 0 Å². The second-order valence-corrected chi connectivity index (χ2v) is 5.52. The summed E-state index contributed by atoms with van der Waals surface area (Å²) in [4.78, 5) is 4.62. The van der Waals surface area contributed by atoms with Gasteiger partial charge in [-0.25, -0.2) is 9.37 Å². The van der Waals surface area contributed by atoms with E-state index in [1.54, 1.807) is 37.6 Å². The molecule has 0 bridgehead atoms. The largest absolute Gasteiger partial charge is 0.497 e. The van der Waals surface area contributed by atoms with E-state index in [4.69, 9.17) is 4.74 Å². The fourth-order valence-electron chi connectivity index (χ4n) is 2.75. The molecule has 2 aromatic heterocycles. The number of nitrogens with one attached hydrogen (secondary N) is 2. The molecule has 2 heterocycles. The van der Waals surface area contributed by atoms with Crippen LogP contribution in [0.25, 0.3) is 22.0 Å². The number of methoxy groups -OCH3 is 1. The average Bonchev–Trinajstić information content (AvgIpc) is 3.14. The van der Waals surface area contributed by atoms with Crippen LogP contribution in [0.1, 0.15) is 0 Å². The Morgan fingerprint density at radius 2 is 1.96 bits per heavy atom. The molecule has 0 aliphatic heterocycles. The molecule has 5 nitrogen and oxygen atoms in total. The fourth-order valence-corrected chi connectivity index (χ4v) is 2.75. The van der Waals surface area contributed by atoms with E-state index in [1.165, 1.54) is 6.07 Å². The predicted octanol–water partition coefficient (Wildman–Crippen LogP) is 4.52. The summed E-state index contributed by atoms with van der Waals surface area (Å²) in [5.41, 5.74) is 1.02. The van der Waals surface area contributed by atoms with Gasteiger partial charge in [0.25, 0.3) is 0 Å². The summed E-state index contributed by atoms with van der Waals surface area (Å²) in [5, 5.41) is 11.6. The van der Waals surface area contributed by atoms with E-state index < -0.39 is 0 Å². The Kier molecular flexibility index (Phi) is 3.78. The number of nitrogens with zero attached hydrogens (tertiary/aromatic N) is 2. The summed E-state index contributed by atoms with van der Waals surface area (Å²) in [6, 6.07) is 15.9. The molecule has 0 aliphatic rings. The molecule has 0 fully saturated rings. The standard InChI is InChI=1S/C19H15FN4O/c1-25-13-6-7-14-12(10-13)11-18(22-17-8-9-21-24-17)23-19(14)15-4-2-3-5-16(15)20/h2-11H,1H3,(H2,21,22,23,24). The Morgan fingerprint density at radius 1 is 1.08 bits per heavy atom. The molecular weight excluding hydrogens is 319 g/mol. The number of aromatic amines is 1. The minimum atomic E-state index is -0.314. The molecule has 0 unspecified atom stereocenters. The van der Waals surface area contributed by atoms with Crippen molar-refractivity contribution in [3.63, 3.8) is 0 Å². The molecule has 4 aromatic rings. The van der Waals surface area contributed by atoms with Gasteiger partial charge in [0.1, 0.15) is 23.2 Å². The lowest BCUT2D eigenvalue weighted by Crippen LogP contribution is -1.98. The van der Waals surface area contributed by atoms with Crippen molar-refractivity contribution in [3.8, 4) is 17.0 Å². The van der Waals surface area contributed by atoms with Crippen LogP contribution in [0, 0.1) is 5.82 Å². The quantitative estimate of drug-likeness (QED) is 0.576. The predicted molar refractivity (Wildman–Crippen MR) is 95.6 cm³/mol. The van der Waals surface area contributed by atoms with Crippen LogP contribution in [0.15, 0.2) is 60.8 Å². The first-order valence-electron chi connectivity index (χ1n) is 7.75. The molecule has 0 spiro atoms. The number of rotatable bonds is 4. The zero-order valence-electron chi connectivity index (χ0n) is 13.5. The van der Waals surface area contributed by atoms with Crippen molar-refractivity contribution < 1.29 is 9.13 Å². The van der Waals surface area contributed by atoms with Crippen molar-refractivity contribution in [1.82, 2.24) is 15.2 Å². The molecule has 0 saturated carbocycles. The SMILES string of the molecule is COc1ccc2c(-c3ccccc3F)nc(Nc3ccn[nH]3)cc2c1. The third-order valence-corrected chi connectivity index (χ3v) is 3.93. The van der Waals surface area contributed by atoms with Gasteiger partial charge in [0, 0.05) is 17.0 Å². The van der Waals surface area contributed by atoms with Crippen LogP contribution >= 0.6 is 0 Å². The highest BCUT2D eigenvalue weighted by Gasteiger charge is 2.13. The number of H-pyrrole nitrogens is 1. The zero-order valence-corrected chi connectivity index (χ0v) is 13.5. The maximum absolute atomic E-state index is 14.4. The highest BCUT2D eigenvalue weighted by molar-refractivity contribution is 5.97. The number of fused-ring (bicyclic) bond motifs is 1. The van der Waals surface area contributed by atoms with Crippen LogP contribution in [0.3, 0.4) is 0 Å². The summed E-state index contributed by atoms with van der Waals surface area (Å²) >= 11 is 0. The molecule has 0 radical (unpaired) electrons. The Labute approximate surface area is 143 Å². The van der Waals surface area contributed by atoms with Crippen LogP contribution < -0.4 is 10.1 Å². The third-order valence-electron chi connectivity index (χ3n) is 3.93. The number of hydrogen-bond donors (Lipinski definition) is 2. The molecule has 124 valence electrons. The van der Waals surface area contributed by atoms with E-state index in [2.05, 4.69) is 20.5 Å². The first kappa shape index (κ1) is 15.1. The lowest BCUT2D eigenvalue weighted by molar-refractivity contribution is 0.415. The summed E-state index contributed by atoms with van der Waals surface area (Å²) in [7, 11) is 1.61. The second kappa shape index (κ2) is 6.24. The molecule has 2 aromatic carbocycles. The van der Waals surface area contributed by atoms with Crippen molar-refractivity contribution in [2.75, 3.05) is 12.4 Å². The summed E-state index contributed by atoms with van der Waals surface area (Å²) in [6.07, 6.45) is 1.64. The van der Waals surface area contributed by atoms with Gasteiger partial charge >= 0.3 is 0 Å². The van der Waals surface area contributed by atoms with Gasteiger partial charge in [0.05, 0.1) is 19.0 Å². The monoisotopic (exact) mass is 334 g/mol. The molecular formula is C19H15FN4O. The van der Waals surface area contributed by atoms with Crippen LogP contribution in [-0.2, 0) is 0 Å². The van der Waals surface area contributed by atoms with Crippen molar-refractivity contribution in [2.45, 2.75) is 0 Å². The summed E-state index contributed by atoms with van der Waals surface area (Å²) in [6.45, 7) is 0. The Morgan fingerprint density at radius 3 is 2.72 bits per heavy atom. The molecule has 4 rings (SSSR count). The minimum absolute atomic E-state index is 0.314. The van der Waals surface area contributed by atoms with Crippen LogP contribution in [0.4, 0.5) is 16.0 Å². The van der Waals surface area contributed by atoms with E-state index in [0.717, 1.165) is 16.5 Å². The first-order valence-corrected chi connectivity index (χ1v) is 7.75. The smallest absolute Gasteiger partial charge is 0.132 e. The number of aromatic nitrogens is 3. The van der Waals surface area contributed by atoms with Crippen molar-refractivity contribution in [1.29, 1.82) is 0 Å². The molecule has 0 saturated heterocycles. The summed E-state index contributed by atoms with van der Waals surface area (Å²) < 4.78 is 19.7. The number of pyridine rings is 1. The molecule has 25 heavy (non-hydrogen) atoms. The lowest BCUT2D eigenvalue weighted by Gasteiger charge is -2.12. The van der Waals surface area contributed by atoms with Gasteiger partial charge < -0.3 is 10.1 Å². The van der Waals surface area contributed by atoms with E-state index >= 15 is 0 Å². The Balaban J connectivity index is 1.94. The van der Waals surface area contributed by atoms with Gasteiger partial charge in [-0.1, -0.05) is 12.1 Å². The number of halogens is 1. The topological polar surface area (TPSA) is 62.8 Å². The Hall–Kier alpha value is -3.41. The van der Waals surface area contributed by atoms with E-state index in [9.17, 15) is 4.39 Å². The van der Waals surface area contributed by atoms with Crippen molar-refractivity contribution in [3.05, 3.63) is 66.6 Å². The average molecular weight is 334 g/mol. The van der Waals surface area contributed by atoms with Crippen LogP contribution in [0.2, 0.25) is 0 Å². The van der Waals surface area contributed by atoms with Gasteiger partial charge in [0.2, 0.25) is 0 Å². The van der Waals surface area contributed by atoms with Crippen molar-refractivity contribution >= 4 is 22.4 Å². The maximum Gasteiger partial charge on any atom is 0.132 e. The fraction of sp³-hybridized carbons (Fsp3) is 0.0526. The molecule has 0 atom stereocenters. The number of hydrogen-bond acceptors (Lipinski definition) is 4. The number of ether oxygens (including phenoxy) is 1. The minimum Gasteiger partial charge on any atom is -0.497 e. The molecule has 6 heteroatoms. The second-order valence-electron chi connectivity index (χ2n) is 5.52. The highest BCUT2D eigenvalue weighted by atomic mass is 19.1. The molecule has 2 N–H and O–H groups in total. The van der Waals surface area contributed by atoms with E-state index in [0.29, 0.717) is 22.9 Å². The van der Waals surface area contributed by atoms with Gasteiger partial charge in [0.15, 0.2) is 0 Å². The van der Waals surface area contributed by atoms with Gasteiger partial charge in [-0.05, 0) is 41.8 Å². The molecule has 0 aliphatic carbocycles. The zero-order chi connectivity index (χ0) is 17.2. The van der Waals surface area contributed by atoms with Crippen LogP contribution in [-0.4, -0.2) is 22.3 Å². The first-order chi connectivity index (χ1) is 12.2. The molecule has 0 amide bonds. The summed E-state index contributed by atoms with van der Waals surface area (Å²) in [5.74, 6) is 1.70. The number of anilines is 2. The van der Waals surface area contributed by atoms with E-state index in [-0.39, 0.29) is 5.82 Å². The van der Waals surface area contributed by atoms with E-state index in [1.807, 2.05) is 24.3 Å². The van der Waals surface area contributed by atoms with Gasteiger partial charge in [-0.3, -0.25) is 5.10 Å². The van der Waals surface area contributed by atoms with Gasteiger partial charge in [-0.2, -0.15) is 5.10 Å². The van der Waals surface area contributed by atoms with Crippen LogP contribution in [0.5, 0.6) is 5.75 Å².